The largest absolute Gasteiger partial charge is 0.380 e. The van der Waals surface area contributed by atoms with Gasteiger partial charge in [-0.25, -0.2) is 0 Å². The molecule has 4 heteroatoms. The molecule has 0 spiro atoms. The number of rotatable bonds is 9. The third kappa shape index (κ3) is 8.03. The van der Waals surface area contributed by atoms with Crippen LogP contribution in [0.3, 0.4) is 0 Å². The molecule has 0 aliphatic carbocycles. The number of hydrogen-bond donors (Lipinski definition) is 1. The van der Waals surface area contributed by atoms with E-state index < -0.39 is 0 Å². The highest BCUT2D eigenvalue weighted by Gasteiger charge is 2.10. The highest BCUT2D eigenvalue weighted by Crippen LogP contribution is 1.99. The topological polar surface area (TPSA) is 27.7 Å². The molecular formula is C14H31N3O. The molecule has 0 amide bonds. The van der Waals surface area contributed by atoms with Gasteiger partial charge in [0.15, 0.2) is 0 Å². The van der Waals surface area contributed by atoms with E-state index in [0.29, 0.717) is 0 Å². The lowest BCUT2D eigenvalue weighted by Crippen LogP contribution is -2.35. The van der Waals surface area contributed by atoms with E-state index in [0.717, 1.165) is 26.3 Å². The molecule has 1 heterocycles. The molecule has 1 N–H and O–H groups in total. The first-order valence-electron chi connectivity index (χ1n) is 7.52. The van der Waals surface area contributed by atoms with Crippen molar-refractivity contribution in [1.82, 2.24) is 15.1 Å². The molecule has 0 saturated carbocycles. The van der Waals surface area contributed by atoms with Crippen LogP contribution in [0, 0.1) is 0 Å². The van der Waals surface area contributed by atoms with Gasteiger partial charge in [0.25, 0.3) is 0 Å². The number of likely N-dealkylation sites (N-methyl/N-ethyl adjacent to an activating group) is 1. The van der Waals surface area contributed by atoms with Crippen LogP contribution < -0.4 is 5.32 Å². The SMILES string of the molecule is CCCCOCCNCCN1CCCN(C)CC1. The Bertz CT molecular complexity index is 190. The summed E-state index contributed by atoms with van der Waals surface area (Å²) in [6.07, 6.45) is 3.70. The fourth-order valence-electron chi connectivity index (χ4n) is 2.18. The fourth-order valence-corrected chi connectivity index (χ4v) is 2.18. The van der Waals surface area contributed by atoms with Crippen molar-refractivity contribution in [3.63, 3.8) is 0 Å². The maximum atomic E-state index is 5.52. The van der Waals surface area contributed by atoms with Crippen LogP contribution in [-0.2, 0) is 4.74 Å². The normalized spacial score (nSPS) is 19.0. The number of unbranched alkanes of at least 4 members (excludes halogenated alkanes) is 1. The lowest BCUT2D eigenvalue weighted by molar-refractivity contribution is 0.132. The van der Waals surface area contributed by atoms with E-state index in [1.54, 1.807) is 0 Å². The maximum Gasteiger partial charge on any atom is 0.0590 e. The van der Waals surface area contributed by atoms with Gasteiger partial charge in [0.2, 0.25) is 0 Å². The minimum Gasteiger partial charge on any atom is -0.380 e. The van der Waals surface area contributed by atoms with Crippen LogP contribution in [-0.4, -0.2) is 75.9 Å². The molecule has 1 fully saturated rings. The molecule has 108 valence electrons. The van der Waals surface area contributed by atoms with E-state index in [-0.39, 0.29) is 0 Å². The highest BCUT2D eigenvalue weighted by atomic mass is 16.5. The summed E-state index contributed by atoms with van der Waals surface area (Å²) in [5.41, 5.74) is 0. The van der Waals surface area contributed by atoms with Crippen LogP contribution in [0.5, 0.6) is 0 Å². The van der Waals surface area contributed by atoms with Gasteiger partial charge in [-0.05, 0) is 33.0 Å². The standard InChI is InChI=1S/C14H31N3O/c1-3-4-13-18-14-7-15-6-10-17-9-5-8-16(2)11-12-17/h15H,3-14H2,1-2H3. The van der Waals surface area contributed by atoms with Crippen molar-refractivity contribution < 1.29 is 4.74 Å². The quantitative estimate of drug-likeness (QED) is 0.625. The molecule has 18 heavy (non-hydrogen) atoms. The van der Waals surface area contributed by atoms with Crippen molar-refractivity contribution in [2.45, 2.75) is 26.2 Å². The Morgan fingerprint density at radius 1 is 1.06 bits per heavy atom. The Labute approximate surface area is 113 Å². The van der Waals surface area contributed by atoms with Gasteiger partial charge in [0.05, 0.1) is 6.61 Å². The van der Waals surface area contributed by atoms with Crippen LogP contribution in [0.4, 0.5) is 0 Å². The Kier molecular flexibility index (Phi) is 9.48. The minimum atomic E-state index is 0.850. The molecule has 1 aliphatic heterocycles. The first-order valence-corrected chi connectivity index (χ1v) is 7.52. The molecule has 0 atom stereocenters. The summed E-state index contributed by atoms with van der Waals surface area (Å²) >= 11 is 0. The molecule has 1 saturated heterocycles. The second-order valence-electron chi connectivity index (χ2n) is 5.21. The average molecular weight is 257 g/mol. The van der Waals surface area contributed by atoms with E-state index >= 15 is 0 Å². The number of ether oxygens (including phenoxy) is 1. The van der Waals surface area contributed by atoms with Crippen molar-refractivity contribution in [3.05, 3.63) is 0 Å². The molecule has 0 aromatic heterocycles. The fraction of sp³-hybridized carbons (Fsp3) is 1.00. The summed E-state index contributed by atoms with van der Waals surface area (Å²) in [4.78, 5) is 4.99. The maximum absolute atomic E-state index is 5.52. The summed E-state index contributed by atoms with van der Waals surface area (Å²) < 4.78 is 5.52. The van der Waals surface area contributed by atoms with Crippen molar-refractivity contribution in [2.75, 3.05) is 66.1 Å². The summed E-state index contributed by atoms with van der Waals surface area (Å²) in [7, 11) is 2.22. The first kappa shape index (κ1) is 15.9. The molecule has 1 aliphatic rings. The lowest BCUT2D eigenvalue weighted by atomic mass is 10.4. The number of nitrogens with zero attached hydrogens (tertiary/aromatic N) is 2. The van der Waals surface area contributed by atoms with Crippen molar-refractivity contribution in [1.29, 1.82) is 0 Å². The first-order chi connectivity index (χ1) is 8.83. The molecule has 0 bridgehead atoms. The highest BCUT2D eigenvalue weighted by molar-refractivity contribution is 4.67. The summed E-state index contributed by atoms with van der Waals surface area (Å²) in [6, 6.07) is 0. The van der Waals surface area contributed by atoms with Gasteiger partial charge in [0, 0.05) is 39.3 Å². The second-order valence-corrected chi connectivity index (χ2v) is 5.21. The monoisotopic (exact) mass is 257 g/mol. The number of hydrogen-bond acceptors (Lipinski definition) is 4. The lowest BCUT2D eigenvalue weighted by Gasteiger charge is -2.20. The average Bonchev–Trinajstić information content (AvgIpc) is 2.58. The van der Waals surface area contributed by atoms with Gasteiger partial charge in [-0.1, -0.05) is 13.3 Å². The van der Waals surface area contributed by atoms with Crippen LogP contribution in [0.2, 0.25) is 0 Å². The Balaban J connectivity index is 1.88. The zero-order valence-electron chi connectivity index (χ0n) is 12.3. The van der Waals surface area contributed by atoms with Gasteiger partial charge in [-0.3, -0.25) is 0 Å². The predicted octanol–water partition coefficient (Wildman–Crippen LogP) is 1.03. The predicted molar refractivity (Wildman–Crippen MR) is 77.2 cm³/mol. The Hall–Kier alpha value is -0.160. The van der Waals surface area contributed by atoms with Gasteiger partial charge >= 0.3 is 0 Å². The second kappa shape index (κ2) is 10.7. The Morgan fingerprint density at radius 2 is 1.94 bits per heavy atom. The molecule has 0 unspecified atom stereocenters. The van der Waals surface area contributed by atoms with Gasteiger partial charge in [-0.15, -0.1) is 0 Å². The van der Waals surface area contributed by atoms with Crippen molar-refractivity contribution >= 4 is 0 Å². The molecule has 0 aromatic rings. The smallest absolute Gasteiger partial charge is 0.0590 e. The zero-order valence-corrected chi connectivity index (χ0v) is 12.3. The van der Waals surface area contributed by atoms with Crippen LogP contribution in [0.15, 0.2) is 0 Å². The third-order valence-corrected chi connectivity index (χ3v) is 3.48. The number of nitrogens with one attached hydrogen (secondary N) is 1. The van der Waals surface area contributed by atoms with Crippen molar-refractivity contribution in [2.24, 2.45) is 0 Å². The van der Waals surface area contributed by atoms with Crippen LogP contribution in [0.25, 0.3) is 0 Å². The van der Waals surface area contributed by atoms with E-state index in [1.165, 1.54) is 52.0 Å². The van der Waals surface area contributed by atoms with E-state index in [1.807, 2.05) is 0 Å². The Morgan fingerprint density at radius 3 is 2.78 bits per heavy atom. The van der Waals surface area contributed by atoms with E-state index in [4.69, 9.17) is 4.74 Å². The van der Waals surface area contributed by atoms with Crippen LogP contribution >= 0.6 is 0 Å². The minimum absolute atomic E-state index is 0.850. The van der Waals surface area contributed by atoms with Gasteiger partial charge < -0.3 is 19.9 Å². The summed E-state index contributed by atoms with van der Waals surface area (Å²) in [5, 5.41) is 3.46. The molecular weight excluding hydrogens is 226 g/mol. The summed E-state index contributed by atoms with van der Waals surface area (Å²) in [6.45, 7) is 12.1. The third-order valence-electron chi connectivity index (χ3n) is 3.48. The van der Waals surface area contributed by atoms with Gasteiger partial charge in [-0.2, -0.15) is 0 Å². The van der Waals surface area contributed by atoms with Gasteiger partial charge in [0.1, 0.15) is 0 Å². The van der Waals surface area contributed by atoms with E-state index in [2.05, 4.69) is 29.1 Å². The molecule has 0 radical (unpaired) electrons. The van der Waals surface area contributed by atoms with Crippen molar-refractivity contribution in [3.8, 4) is 0 Å². The van der Waals surface area contributed by atoms with Crippen LogP contribution in [0.1, 0.15) is 26.2 Å². The molecule has 1 rings (SSSR count). The molecule has 0 aromatic carbocycles. The summed E-state index contributed by atoms with van der Waals surface area (Å²) in [5.74, 6) is 0. The van der Waals surface area contributed by atoms with E-state index in [9.17, 15) is 0 Å². The zero-order chi connectivity index (χ0) is 13.1. The molecule has 4 nitrogen and oxygen atoms in total.